The van der Waals surface area contributed by atoms with Gasteiger partial charge in [0.2, 0.25) is 0 Å². The highest BCUT2D eigenvalue weighted by molar-refractivity contribution is 9.11. The van der Waals surface area contributed by atoms with E-state index in [0.29, 0.717) is 6.42 Å². The molecule has 2 rings (SSSR count). The Hall–Kier alpha value is -0.520. The van der Waals surface area contributed by atoms with Gasteiger partial charge in [0.15, 0.2) is 0 Å². The molecule has 0 aliphatic heterocycles. The standard InChI is InChI=1S/C11H10BrNOS2/c1-7(14)2-3-8-6-15-11(13-8)9-4-5-10(12)16-9/h4-6H,2-3H2,1H3. The Bertz CT molecular complexity index is 504. The summed E-state index contributed by atoms with van der Waals surface area (Å²) in [6.45, 7) is 1.61. The maximum absolute atomic E-state index is 10.9. The van der Waals surface area contributed by atoms with Crippen molar-refractivity contribution in [1.29, 1.82) is 0 Å². The van der Waals surface area contributed by atoms with Crippen LogP contribution in [-0.2, 0) is 11.2 Å². The van der Waals surface area contributed by atoms with E-state index in [9.17, 15) is 4.79 Å². The highest BCUT2D eigenvalue weighted by atomic mass is 79.9. The Kier molecular flexibility index (Phi) is 3.89. The van der Waals surface area contributed by atoms with Gasteiger partial charge in [-0.1, -0.05) is 0 Å². The summed E-state index contributed by atoms with van der Waals surface area (Å²) < 4.78 is 1.11. The van der Waals surface area contributed by atoms with Gasteiger partial charge in [-0.05, 0) is 41.4 Å². The van der Waals surface area contributed by atoms with Gasteiger partial charge < -0.3 is 4.79 Å². The first kappa shape index (κ1) is 12.0. The maximum atomic E-state index is 10.9. The number of Topliss-reactive ketones (excluding diaryl/α,β-unsaturated/α-hetero) is 1. The van der Waals surface area contributed by atoms with Gasteiger partial charge in [-0.25, -0.2) is 4.98 Å². The van der Waals surface area contributed by atoms with Crippen LogP contribution in [0.25, 0.3) is 9.88 Å². The van der Waals surface area contributed by atoms with Crippen molar-refractivity contribution in [2.45, 2.75) is 19.8 Å². The molecule has 5 heteroatoms. The first-order valence-electron chi connectivity index (χ1n) is 4.84. The summed E-state index contributed by atoms with van der Waals surface area (Å²) in [5.41, 5.74) is 1.01. The van der Waals surface area contributed by atoms with E-state index in [-0.39, 0.29) is 5.78 Å². The number of carbonyl (C=O) groups is 1. The van der Waals surface area contributed by atoms with Gasteiger partial charge in [-0.2, -0.15) is 0 Å². The minimum absolute atomic E-state index is 0.216. The fourth-order valence-electron chi connectivity index (χ4n) is 1.27. The SMILES string of the molecule is CC(=O)CCc1csc(-c2ccc(Br)s2)n1. The molecule has 2 aromatic rings. The molecule has 0 aromatic carbocycles. The molecule has 0 amide bonds. The van der Waals surface area contributed by atoms with E-state index in [1.165, 1.54) is 4.88 Å². The molecule has 0 radical (unpaired) electrons. The number of halogens is 1. The average molecular weight is 316 g/mol. The second-order valence-electron chi connectivity index (χ2n) is 3.45. The number of aromatic nitrogens is 1. The van der Waals surface area contributed by atoms with Crippen LogP contribution < -0.4 is 0 Å². The minimum atomic E-state index is 0.216. The molecule has 0 bridgehead atoms. The van der Waals surface area contributed by atoms with E-state index >= 15 is 0 Å². The number of carbonyl (C=O) groups excluding carboxylic acids is 1. The zero-order valence-electron chi connectivity index (χ0n) is 8.70. The van der Waals surface area contributed by atoms with Crippen LogP contribution >= 0.6 is 38.6 Å². The average Bonchev–Trinajstić information content (AvgIpc) is 2.83. The monoisotopic (exact) mass is 315 g/mol. The molecule has 2 nitrogen and oxygen atoms in total. The van der Waals surface area contributed by atoms with Crippen LogP contribution in [0.3, 0.4) is 0 Å². The highest BCUT2D eigenvalue weighted by Gasteiger charge is 2.07. The van der Waals surface area contributed by atoms with E-state index in [2.05, 4.69) is 27.0 Å². The molecule has 0 saturated heterocycles. The topological polar surface area (TPSA) is 30.0 Å². The smallest absolute Gasteiger partial charge is 0.133 e. The number of thiazole rings is 1. The lowest BCUT2D eigenvalue weighted by Crippen LogP contribution is -1.93. The van der Waals surface area contributed by atoms with Crippen LogP contribution in [0.5, 0.6) is 0 Å². The molecule has 0 aliphatic rings. The second-order valence-corrected chi connectivity index (χ2v) is 6.77. The van der Waals surface area contributed by atoms with Crippen molar-refractivity contribution in [3.63, 3.8) is 0 Å². The number of ketones is 1. The molecule has 0 N–H and O–H groups in total. The van der Waals surface area contributed by atoms with Crippen molar-refractivity contribution >= 4 is 44.4 Å². The van der Waals surface area contributed by atoms with Gasteiger partial charge in [-0.15, -0.1) is 22.7 Å². The predicted octanol–water partition coefficient (Wildman–Crippen LogP) is 4.16. The Morgan fingerprint density at radius 2 is 2.31 bits per heavy atom. The van der Waals surface area contributed by atoms with E-state index < -0.39 is 0 Å². The highest BCUT2D eigenvalue weighted by Crippen LogP contribution is 2.33. The molecule has 16 heavy (non-hydrogen) atoms. The third kappa shape index (κ3) is 2.99. The first-order valence-corrected chi connectivity index (χ1v) is 7.33. The number of hydrogen-bond donors (Lipinski definition) is 0. The summed E-state index contributed by atoms with van der Waals surface area (Å²) in [6.07, 6.45) is 1.33. The van der Waals surface area contributed by atoms with Gasteiger partial charge in [0.05, 0.1) is 14.4 Å². The molecule has 0 fully saturated rings. The van der Waals surface area contributed by atoms with Crippen molar-refractivity contribution in [3.8, 4) is 9.88 Å². The van der Waals surface area contributed by atoms with Crippen molar-refractivity contribution < 1.29 is 4.79 Å². The summed E-state index contributed by atoms with van der Waals surface area (Å²) in [5.74, 6) is 0.216. The van der Waals surface area contributed by atoms with Gasteiger partial charge in [0.25, 0.3) is 0 Å². The number of nitrogens with zero attached hydrogens (tertiary/aromatic N) is 1. The molecule has 0 atom stereocenters. The fourth-order valence-corrected chi connectivity index (χ4v) is 3.58. The van der Waals surface area contributed by atoms with Crippen LogP contribution in [0, 0.1) is 0 Å². The molecule has 0 saturated carbocycles. The summed E-state index contributed by atoms with van der Waals surface area (Å²) in [4.78, 5) is 16.6. The Labute approximate surface area is 110 Å². The molecular formula is C11H10BrNOS2. The number of rotatable bonds is 4. The summed E-state index contributed by atoms with van der Waals surface area (Å²) >= 11 is 6.75. The van der Waals surface area contributed by atoms with Gasteiger partial charge in [-0.3, -0.25) is 0 Å². The molecule has 0 spiro atoms. The van der Waals surface area contributed by atoms with E-state index in [1.807, 2.05) is 11.4 Å². The summed E-state index contributed by atoms with van der Waals surface area (Å²) in [7, 11) is 0. The van der Waals surface area contributed by atoms with Gasteiger partial charge >= 0.3 is 0 Å². The number of aryl methyl sites for hydroxylation is 1. The number of thiophene rings is 1. The molecule has 0 unspecified atom stereocenters. The van der Waals surface area contributed by atoms with Crippen molar-refractivity contribution in [1.82, 2.24) is 4.98 Å². The zero-order valence-corrected chi connectivity index (χ0v) is 11.9. The summed E-state index contributed by atoms with van der Waals surface area (Å²) in [5, 5.41) is 3.07. The molecular weight excluding hydrogens is 306 g/mol. The third-order valence-electron chi connectivity index (χ3n) is 2.07. The van der Waals surface area contributed by atoms with Crippen molar-refractivity contribution in [2.75, 3.05) is 0 Å². The lowest BCUT2D eigenvalue weighted by atomic mass is 10.2. The van der Waals surface area contributed by atoms with Crippen LogP contribution in [-0.4, -0.2) is 10.8 Å². The molecule has 84 valence electrons. The van der Waals surface area contributed by atoms with Crippen LogP contribution in [0.2, 0.25) is 0 Å². The van der Waals surface area contributed by atoms with Gasteiger partial charge in [0.1, 0.15) is 10.8 Å². The Balaban J connectivity index is 2.10. The van der Waals surface area contributed by atoms with Crippen LogP contribution in [0.15, 0.2) is 21.3 Å². The van der Waals surface area contributed by atoms with Gasteiger partial charge in [0, 0.05) is 11.8 Å². The lowest BCUT2D eigenvalue weighted by Gasteiger charge is -1.91. The van der Waals surface area contributed by atoms with E-state index in [0.717, 1.165) is 20.9 Å². The van der Waals surface area contributed by atoms with Crippen molar-refractivity contribution in [3.05, 3.63) is 27.0 Å². The number of hydrogen-bond acceptors (Lipinski definition) is 4. The molecule has 0 aliphatic carbocycles. The molecule has 2 heterocycles. The van der Waals surface area contributed by atoms with Crippen molar-refractivity contribution in [2.24, 2.45) is 0 Å². The first-order chi connectivity index (χ1) is 7.65. The second kappa shape index (κ2) is 5.21. The third-order valence-corrected chi connectivity index (χ3v) is 4.75. The van der Waals surface area contributed by atoms with Crippen LogP contribution in [0.1, 0.15) is 19.0 Å². The fraction of sp³-hybridized carbons (Fsp3) is 0.273. The Morgan fingerprint density at radius 3 is 2.94 bits per heavy atom. The quantitative estimate of drug-likeness (QED) is 0.848. The largest absolute Gasteiger partial charge is 0.300 e. The molecule has 2 aromatic heterocycles. The van der Waals surface area contributed by atoms with Crippen LogP contribution in [0.4, 0.5) is 0 Å². The normalized spacial score (nSPS) is 10.6. The zero-order chi connectivity index (χ0) is 11.5. The lowest BCUT2D eigenvalue weighted by molar-refractivity contribution is -0.116. The predicted molar refractivity (Wildman–Crippen MR) is 72.1 cm³/mol. The minimum Gasteiger partial charge on any atom is -0.300 e. The van der Waals surface area contributed by atoms with E-state index in [4.69, 9.17) is 0 Å². The maximum Gasteiger partial charge on any atom is 0.133 e. The Morgan fingerprint density at radius 1 is 1.50 bits per heavy atom. The van der Waals surface area contributed by atoms with E-state index in [1.54, 1.807) is 29.6 Å². The summed E-state index contributed by atoms with van der Waals surface area (Å²) in [6, 6.07) is 4.08.